The third-order valence-corrected chi connectivity index (χ3v) is 1.95. The van der Waals surface area contributed by atoms with Crippen molar-refractivity contribution in [3.63, 3.8) is 0 Å². The van der Waals surface area contributed by atoms with Gasteiger partial charge >= 0.3 is 0 Å². The molecule has 0 bridgehead atoms. The van der Waals surface area contributed by atoms with E-state index in [1.165, 1.54) is 4.80 Å². The fraction of sp³-hybridized carbons (Fsp3) is 0.375. The van der Waals surface area contributed by atoms with Crippen LogP contribution in [-0.2, 0) is 0 Å². The van der Waals surface area contributed by atoms with E-state index in [0.717, 1.165) is 6.33 Å². The summed E-state index contributed by atoms with van der Waals surface area (Å²) in [5, 5.41) is 20.9. The molecule has 0 radical (unpaired) electrons. The number of rotatable bonds is 2. The molecule has 0 amide bonds. The zero-order valence-electron chi connectivity index (χ0n) is 8.75. The van der Waals surface area contributed by atoms with Gasteiger partial charge in [-0.05, 0) is 19.1 Å². The Morgan fingerprint density at radius 2 is 2.25 bits per heavy atom. The monoisotopic (exact) mass is 222 g/mol. The highest BCUT2D eigenvalue weighted by Gasteiger charge is 2.16. The number of H-pyrrole nitrogens is 1. The van der Waals surface area contributed by atoms with Gasteiger partial charge in [-0.1, -0.05) is 0 Å². The van der Waals surface area contributed by atoms with E-state index in [1.807, 2.05) is 13.8 Å². The van der Waals surface area contributed by atoms with E-state index in [9.17, 15) is 9.90 Å². The Kier molecular flexibility index (Phi) is 2.39. The summed E-state index contributed by atoms with van der Waals surface area (Å²) in [5.41, 5.74) is -0.579. The van der Waals surface area contributed by atoms with Crippen LogP contribution in [0.5, 0.6) is 5.88 Å². The van der Waals surface area contributed by atoms with Crippen molar-refractivity contribution in [3.8, 4) is 17.3 Å². The third kappa shape index (κ3) is 1.64. The van der Waals surface area contributed by atoms with Crippen molar-refractivity contribution < 1.29 is 5.11 Å². The highest BCUT2D eigenvalue weighted by Crippen LogP contribution is 2.17. The zero-order valence-corrected chi connectivity index (χ0v) is 8.75. The van der Waals surface area contributed by atoms with Crippen LogP contribution in [-0.4, -0.2) is 35.3 Å². The van der Waals surface area contributed by atoms with E-state index in [1.54, 1.807) is 0 Å². The molecule has 0 aliphatic heterocycles. The van der Waals surface area contributed by atoms with E-state index in [4.69, 9.17) is 0 Å². The average molecular weight is 222 g/mol. The second-order valence-corrected chi connectivity index (χ2v) is 3.46. The number of aromatic nitrogens is 6. The van der Waals surface area contributed by atoms with Gasteiger partial charge in [0.25, 0.3) is 5.56 Å². The van der Waals surface area contributed by atoms with Crippen molar-refractivity contribution in [1.82, 2.24) is 30.2 Å². The molecule has 0 saturated carbocycles. The lowest BCUT2D eigenvalue weighted by molar-refractivity contribution is 0.450. The molecule has 2 aromatic rings. The second-order valence-electron chi connectivity index (χ2n) is 3.46. The summed E-state index contributed by atoms with van der Waals surface area (Å²) in [6, 6.07) is 0.0270. The standard InChI is InChI=1S/C8H10N6O2/c1-4(2)14-12-6(11-13-14)5-7(15)9-3-10-8(5)16/h3-4H,1-2H3,(H2,9,10,15,16). The normalized spacial score (nSPS) is 10.9. The van der Waals surface area contributed by atoms with Gasteiger partial charge in [0.05, 0.1) is 12.4 Å². The minimum atomic E-state index is -0.504. The summed E-state index contributed by atoms with van der Waals surface area (Å²) in [7, 11) is 0. The molecule has 0 aliphatic carbocycles. The molecule has 8 heteroatoms. The van der Waals surface area contributed by atoms with Crippen molar-refractivity contribution in [2.45, 2.75) is 19.9 Å². The molecule has 0 atom stereocenters. The van der Waals surface area contributed by atoms with Gasteiger partial charge in [0, 0.05) is 0 Å². The van der Waals surface area contributed by atoms with Crippen molar-refractivity contribution >= 4 is 0 Å². The lowest BCUT2D eigenvalue weighted by atomic mass is 10.3. The van der Waals surface area contributed by atoms with Gasteiger partial charge in [-0.2, -0.15) is 4.80 Å². The molecule has 2 N–H and O–H groups in total. The predicted octanol–water partition coefficient (Wildman–Crippen LogP) is -0.290. The average Bonchev–Trinajstić information content (AvgIpc) is 2.66. The van der Waals surface area contributed by atoms with Gasteiger partial charge in [-0.25, -0.2) is 4.98 Å². The molecule has 0 unspecified atom stereocenters. The fourth-order valence-corrected chi connectivity index (χ4v) is 1.14. The first kappa shape index (κ1) is 10.3. The first-order valence-corrected chi connectivity index (χ1v) is 4.66. The van der Waals surface area contributed by atoms with Crippen LogP contribution >= 0.6 is 0 Å². The predicted molar refractivity (Wildman–Crippen MR) is 53.7 cm³/mol. The SMILES string of the molecule is CC(C)n1nnc(-c2c(O)nc[nH]c2=O)n1. The van der Waals surface area contributed by atoms with Gasteiger partial charge in [-0.15, -0.1) is 10.2 Å². The molecular weight excluding hydrogens is 212 g/mol. The molecule has 16 heavy (non-hydrogen) atoms. The van der Waals surface area contributed by atoms with Crippen LogP contribution in [0.25, 0.3) is 11.4 Å². The van der Waals surface area contributed by atoms with E-state index in [2.05, 4.69) is 25.4 Å². The smallest absolute Gasteiger partial charge is 0.265 e. The Labute approximate surface area is 90.0 Å². The quantitative estimate of drug-likeness (QED) is 0.722. The Bertz CT molecular complexity index is 558. The number of hydrogen-bond donors (Lipinski definition) is 2. The first-order valence-electron chi connectivity index (χ1n) is 4.66. The number of hydrogen-bond acceptors (Lipinski definition) is 6. The first-order chi connectivity index (χ1) is 7.59. The third-order valence-electron chi connectivity index (χ3n) is 1.95. The number of aromatic hydroxyl groups is 1. The highest BCUT2D eigenvalue weighted by molar-refractivity contribution is 5.58. The van der Waals surface area contributed by atoms with Crippen LogP contribution in [0.1, 0.15) is 19.9 Å². The van der Waals surface area contributed by atoms with Gasteiger partial charge < -0.3 is 10.1 Å². The molecule has 0 aliphatic rings. The minimum absolute atomic E-state index is 0.0270. The number of aromatic amines is 1. The van der Waals surface area contributed by atoms with Crippen LogP contribution in [0.3, 0.4) is 0 Å². The second kappa shape index (κ2) is 3.72. The van der Waals surface area contributed by atoms with Crippen molar-refractivity contribution in [1.29, 1.82) is 0 Å². The Morgan fingerprint density at radius 3 is 2.81 bits per heavy atom. The molecule has 0 saturated heterocycles. The Balaban J connectivity index is 2.55. The van der Waals surface area contributed by atoms with Crippen molar-refractivity contribution in [2.75, 3.05) is 0 Å². The zero-order chi connectivity index (χ0) is 11.7. The summed E-state index contributed by atoms with van der Waals surface area (Å²) in [4.78, 5) is 18.7. The van der Waals surface area contributed by atoms with E-state index in [0.29, 0.717) is 0 Å². The lowest BCUT2D eigenvalue weighted by Crippen LogP contribution is -2.10. The molecule has 2 heterocycles. The molecule has 0 aromatic carbocycles. The molecular formula is C8H10N6O2. The van der Waals surface area contributed by atoms with Gasteiger partial charge in [0.1, 0.15) is 5.56 Å². The number of nitrogens with zero attached hydrogens (tertiary/aromatic N) is 5. The van der Waals surface area contributed by atoms with Gasteiger partial charge in [0.15, 0.2) is 0 Å². The van der Waals surface area contributed by atoms with Crippen LogP contribution in [0.4, 0.5) is 0 Å². The van der Waals surface area contributed by atoms with Crippen molar-refractivity contribution in [2.24, 2.45) is 0 Å². The molecule has 0 fully saturated rings. The molecule has 2 aromatic heterocycles. The molecule has 84 valence electrons. The van der Waals surface area contributed by atoms with Gasteiger partial charge in [-0.3, -0.25) is 4.79 Å². The van der Waals surface area contributed by atoms with Crippen LogP contribution < -0.4 is 5.56 Å². The van der Waals surface area contributed by atoms with Gasteiger partial charge in [0.2, 0.25) is 11.7 Å². The largest absolute Gasteiger partial charge is 0.493 e. The Morgan fingerprint density at radius 1 is 1.50 bits per heavy atom. The maximum atomic E-state index is 11.4. The summed E-state index contributed by atoms with van der Waals surface area (Å²) in [5.74, 6) is -0.354. The summed E-state index contributed by atoms with van der Waals surface area (Å²) in [6.45, 7) is 3.75. The highest BCUT2D eigenvalue weighted by atomic mass is 16.3. The van der Waals surface area contributed by atoms with E-state index < -0.39 is 11.4 Å². The summed E-state index contributed by atoms with van der Waals surface area (Å²) < 4.78 is 0. The van der Waals surface area contributed by atoms with Crippen molar-refractivity contribution in [3.05, 3.63) is 16.7 Å². The maximum absolute atomic E-state index is 11.4. The fourth-order valence-electron chi connectivity index (χ4n) is 1.14. The topological polar surface area (TPSA) is 110 Å². The summed E-state index contributed by atoms with van der Waals surface area (Å²) >= 11 is 0. The Hall–Kier alpha value is -2.25. The molecule has 0 spiro atoms. The van der Waals surface area contributed by atoms with Crippen LogP contribution in [0.15, 0.2) is 11.1 Å². The van der Waals surface area contributed by atoms with E-state index >= 15 is 0 Å². The van der Waals surface area contributed by atoms with E-state index in [-0.39, 0.29) is 17.4 Å². The maximum Gasteiger partial charge on any atom is 0.265 e. The number of tetrazole rings is 1. The summed E-state index contributed by atoms with van der Waals surface area (Å²) in [6.07, 6.45) is 1.11. The molecule has 2 rings (SSSR count). The molecule has 8 nitrogen and oxygen atoms in total. The lowest BCUT2D eigenvalue weighted by Gasteiger charge is -1.99. The van der Waals surface area contributed by atoms with Crippen LogP contribution in [0.2, 0.25) is 0 Å². The minimum Gasteiger partial charge on any atom is -0.493 e. The number of nitrogens with one attached hydrogen (secondary N) is 1. The van der Waals surface area contributed by atoms with Crippen LogP contribution in [0, 0.1) is 0 Å².